The summed E-state index contributed by atoms with van der Waals surface area (Å²) in [5, 5.41) is 11.4. The van der Waals surface area contributed by atoms with Gasteiger partial charge in [0.25, 0.3) is 11.7 Å². The number of hydrogen-bond donors (Lipinski definition) is 1. The van der Waals surface area contributed by atoms with E-state index in [0.717, 1.165) is 12.0 Å². The van der Waals surface area contributed by atoms with Crippen LogP contribution in [-0.4, -0.2) is 37.1 Å². The zero-order chi connectivity index (χ0) is 26.7. The summed E-state index contributed by atoms with van der Waals surface area (Å²) in [5.41, 5.74) is 2.60. The number of methoxy groups -OCH3 is 2. The minimum absolute atomic E-state index is 0.00210. The average molecular weight is 502 g/mol. The molecule has 1 N–H and O–H groups in total. The van der Waals surface area contributed by atoms with Gasteiger partial charge in [-0.05, 0) is 43.5 Å². The molecule has 1 heterocycles. The summed E-state index contributed by atoms with van der Waals surface area (Å²) in [6.07, 6.45) is 0.777. The van der Waals surface area contributed by atoms with Crippen LogP contribution in [0.25, 0.3) is 5.76 Å². The zero-order valence-electron chi connectivity index (χ0n) is 21.6. The Labute approximate surface area is 216 Å². The normalized spacial score (nSPS) is 16.8. The van der Waals surface area contributed by atoms with Gasteiger partial charge in [0, 0.05) is 23.8 Å². The molecule has 1 atom stereocenters. The van der Waals surface area contributed by atoms with Crippen LogP contribution in [0.1, 0.15) is 43.5 Å². The third-order valence-corrected chi connectivity index (χ3v) is 6.24. The van der Waals surface area contributed by atoms with Crippen LogP contribution in [0, 0.1) is 0 Å². The van der Waals surface area contributed by atoms with Crippen molar-refractivity contribution in [2.24, 2.45) is 0 Å². The second kappa shape index (κ2) is 10.8. The van der Waals surface area contributed by atoms with Crippen molar-refractivity contribution >= 4 is 23.1 Å². The van der Waals surface area contributed by atoms with E-state index in [1.807, 2.05) is 38.1 Å². The lowest BCUT2D eigenvalue weighted by molar-refractivity contribution is -0.132. The van der Waals surface area contributed by atoms with Gasteiger partial charge < -0.3 is 19.3 Å². The molecule has 0 bridgehead atoms. The Kier molecular flexibility index (Phi) is 7.53. The number of nitrogens with zero attached hydrogens (tertiary/aromatic N) is 1. The lowest BCUT2D eigenvalue weighted by atomic mass is 9.94. The number of rotatable bonds is 8. The summed E-state index contributed by atoms with van der Waals surface area (Å²) in [7, 11) is 3.03. The number of ether oxygens (including phenoxy) is 3. The van der Waals surface area contributed by atoms with Crippen molar-refractivity contribution in [3.63, 3.8) is 0 Å². The van der Waals surface area contributed by atoms with Crippen molar-refractivity contribution in [2.75, 3.05) is 19.1 Å². The van der Waals surface area contributed by atoms with Crippen LogP contribution in [-0.2, 0) is 16.0 Å². The fourth-order valence-corrected chi connectivity index (χ4v) is 4.43. The second-order valence-corrected chi connectivity index (χ2v) is 9.03. The van der Waals surface area contributed by atoms with Crippen LogP contribution in [0.2, 0.25) is 0 Å². The molecule has 37 heavy (non-hydrogen) atoms. The molecule has 7 heteroatoms. The van der Waals surface area contributed by atoms with Gasteiger partial charge in [0.2, 0.25) is 0 Å². The lowest BCUT2D eigenvalue weighted by Crippen LogP contribution is -2.29. The van der Waals surface area contributed by atoms with Gasteiger partial charge >= 0.3 is 0 Å². The summed E-state index contributed by atoms with van der Waals surface area (Å²) in [5.74, 6) is -0.316. The molecule has 1 aliphatic rings. The first-order valence-corrected chi connectivity index (χ1v) is 12.2. The highest BCUT2D eigenvalue weighted by molar-refractivity contribution is 6.51. The summed E-state index contributed by atoms with van der Waals surface area (Å²) < 4.78 is 16.6. The summed E-state index contributed by atoms with van der Waals surface area (Å²) in [4.78, 5) is 28.4. The standard InChI is InChI=1S/C30H31NO6/c1-6-19-10-12-20(13-11-19)27-26(28(32)21-8-7-9-23(14-21)37-18(2)3)29(33)30(34)31(27)22-15-24(35-4)17-25(16-22)36-5/h7-18,27,32H,6H2,1-5H3/b28-26+. The van der Waals surface area contributed by atoms with Crippen molar-refractivity contribution in [3.05, 3.63) is 89.0 Å². The first-order chi connectivity index (χ1) is 17.8. The van der Waals surface area contributed by atoms with Crippen LogP contribution < -0.4 is 19.1 Å². The maximum atomic E-state index is 13.5. The van der Waals surface area contributed by atoms with Crippen molar-refractivity contribution in [1.82, 2.24) is 0 Å². The molecule has 4 rings (SSSR count). The molecule has 0 radical (unpaired) electrons. The van der Waals surface area contributed by atoms with Crippen LogP contribution >= 0.6 is 0 Å². The van der Waals surface area contributed by atoms with Crippen LogP contribution in [0.15, 0.2) is 72.3 Å². The lowest BCUT2D eigenvalue weighted by Gasteiger charge is -2.26. The third kappa shape index (κ3) is 5.16. The Morgan fingerprint density at radius 2 is 1.57 bits per heavy atom. The third-order valence-electron chi connectivity index (χ3n) is 6.24. The number of aryl methyl sites for hydroxylation is 1. The Hall–Kier alpha value is -4.26. The van der Waals surface area contributed by atoms with Crippen molar-refractivity contribution < 1.29 is 28.9 Å². The molecule has 1 saturated heterocycles. The van der Waals surface area contributed by atoms with E-state index >= 15 is 0 Å². The molecule has 1 aliphatic heterocycles. The predicted octanol–water partition coefficient (Wildman–Crippen LogP) is 5.68. The van der Waals surface area contributed by atoms with Crippen LogP contribution in [0.4, 0.5) is 5.69 Å². The quantitative estimate of drug-likeness (QED) is 0.243. The number of amides is 1. The number of hydrogen-bond acceptors (Lipinski definition) is 6. The maximum Gasteiger partial charge on any atom is 0.300 e. The molecular formula is C30H31NO6. The average Bonchev–Trinajstić information content (AvgIpc) is 3.17. The highest BCUT2D eigenvalue weighted by Gasteiger charge is 2.47. The SMILES string of the molecule is CCc1ccc(C2/C(=C(\O)c3cccc(OC(C)C)c3)C(=O)C(=O)N2c2cc(OC)cc(OC)c2)cc1. The summed E-state index contributed by atoms with van der Waals surface area (Å²) in [6, 6.07) is 18.7. The molecule has 3 aromatic carbocycles. The number of anilines is 1. The van der Waals surface area contributed by atoms with E-state index in [2.05, 4.69) is 6.92 Å². The fraction of sp³-hybridized carbons (Fsp3) is 0.267. The van der Waals surface area contributed by atoms with E-state index in [-0.39, 0.29) is 17.4 Å². The van der Waals surface area contributed by atoms with Crippen molar-refractivity contribution in [3.8, 4) is 17.2 Å². The predicted molar refractivity (Wildman–Crippen MR) is 142 cm³/mol. The molecule has 0 aliphatic carbocycles. The number of aliphatic hydroxyl groups is 1. The molecule has 1 fully saturated rings. The second-order valence-electron chi connectivity index (χ2n) is 9.03. The Bertz CT molecular complexity index is 1320. The smallest absolute Gasteiger partial charge is 0.300 e. The van der Waals surface area contributed by atoms with Crippen molar-refractivity contribution in [1.29, 1.82) is 0 Å². The Morgan fingerprint density at radius 1 is 0.919 bits per heavy atom. The fourth-order valence-electron chi connectivity index (χ4n) is 4.43. The molecule has 192 valence electrons. The van der Waals surface area contributed by atoms with Crippen molar-refractivity contribution in [2.45, 2.75) is 39.3 Å². The van der Waals surface area contributed by atoms with Crippen LogP contribution in [0.3, 0.4) is 0 Å². The zero-order valence-corrected chi connectivity index (χ0v) is 21.6. The highest BCUT2D eigenvalue weighted by Crippen LogP contribution is 2.44. The van der Waals surface area contributed by atoms with Gasteiger partial charge in [-0.25, -0.2) is 0 Å². The highest BCUT2D eigenvalue weighted by atomic mass is 16.5. The van der Waals surface area contributed by atoms with Gasteiger partial charge in [0.1, 0.15) is 23.0 Å². The van der Waals surface area contributed by atoms with E-state index in [0.29, 0.717) is 34.1 Å². The van der Waals surface area contributed by atoms with E-state index in [9.17, 15) is 14.7 Å². The van der Waals surface area contributed by atoms with E-state index in [1.165, 1.54) is 19.1 Å². The maximum absolute atomic E-state index is 13.5. The summed E-state index contributed by atoms with van der Waals surface area (Å²) in [6.45, 7) is 5.86. The Balaban J connectivity index is 1.93. The number of Topliss-reactive ketones (excluding diaryl/α,β-unsaturated/α-hetero) is 1. The van der Waals surface area contributed by atoms with Gasteiger partial charge in [-0.1, -0.05) is 43.3 Å². The molecule has 0 spiro atoms. The van der Waals surface area contributed by atoms with Gasteiger partial charge in [-0.3, -0.25) is 14.5 Å². The largest absolute Gasteiger partial charge is 0.507 e. The van der Waals surface area contributed by atoms with E-state index in [4.69, 9.17) is 14.2 Å². The minimum atomic E-state index is -0.864. The minimum Gasteiger partial charge on any atom is -0.507 e. The summed E-state index contributed by atoms with van der Waals surface area (Å²) >= 11 is 0. The van der Waals surface area contributed by atoms with Gasteiger partial charge in [0.15, 0.2) is 0 Å². The molecule has 1 unspecified atom stereocenters. The number of benzene rings is 3. The topological polar surface area (TPSA) is 85.3 Å². The molecule has 1 amide bonds. The number of carbonyl (C=O) groups is 2. The monoisotopic (exact) mass is 501 g/mol. The molecule has 0 aromatic heterocycles. The van der Waals surface area contributed by atoms with Gasteiger partial charge in [-0.2, -0.15) is 0 Å². The van der Waals surface area contributed by atoms with Gasteiger partial charge in [0.05, 0.1) is 37.6 Å². The molecule has 0 saturated carbocycles. The first kappa shape index (κ1) is 25.8. The number of carbonyl (C=O) groups excluding carboxylic acids is 2. The Morgan fingerprint density at radius 3 is 2.14 bits per heavy atom. The van der Waals surface area contributed by atoms with E-state index < -0.39 is 17.7 Å². The number of aliphatic hydroxyl groups excluding tert-OH is 1. The first-order valence-electron chi connectivity index (χ1n) is 12.2. The number of ketones is 1. The van der Waals surface area contributed by atoms with E-state index in [1.54, 1.807) is 42.5 Å². The van der Waals surface area contributed by atoms with Gasteiger partial charge in [-0.15, -0.1) is 0 Å². The molecule has 3 aromatic rings. The molecule has 7 nitrogen and oxygen atoms in total. The van der Waals surface area contributed by atoms with Crippen LogP contribution in [0.5, 0.6) is 17.2 Å². The molecular weight excluding hydrogens is 470 g/mol.